The molecule has 3 aromatic rings. The van der Waals surface area contributed by atoms with Crippen LogP contribution in [0.4, 0.5) is 8.78 Å². The molecule has 0 aliphatic heterocycles. The highest BCUT2D eigenvalue weighted by Crippen LogP contribution is 2.47. The number of fused-ring (bicyclic) bond motifs is 1. The molecule has 2 N–H and O–H groups in total. The Labute approximate surface area is 224 Å². The van der Waals surface area contributed by atoms with Gasteiger partial charge in [-0.2, -0.15) is 5.48 Å². The number of benzene rings is 3. The van der Waals surface area contributed by atoms with Crippen molar-refractivity contribution in [1.29, 1.82) is 0 Å². The molecule has 0 saturated carbocycles. The predicted octanol–water partition coefficient (Wildman–Crippen LogP) is 6.71. The van der Waals surface area contributed by atoms with Crippen LogP contribution in [0.2, 0.25) is 0 Å². The van der Waals surface area contributed by atoms with E-state index in [0.29, 0.717) is 30.2 Å². The summed E-state index contributed by atoms with van der Waals surface area (Å²) in [6.07, 6.45) is 0.780. The maximum absolute atomic E-state index is 13.7. The van der Waals surface area contributed by atoms with E-state index in [1.165, 1.54) is 11.6 Å². The lowest BCUT2D eigenvalue weighted by Gasteiger charge is -2.21. The fourth-order valence-electron chi connectivity index (χ4n) is 5.03. The molecule has 1 unspecified atom stereocenters. The number of rotatable bonds is 11. The second-order valence-electron chi connectivity index (χ2n) is 10.6. The second-order valence-corrected chi connectivity index (χ2v) is 10.6. The summed E-state index contributed by atoms with van der Waals surface area (Å²) in [5, 5.41) is 2.95. The maximum Gasteiger partial charge on any atom is 0.252 e. The molecule has 4 nitrogen and oxygen atoms in total. The van der Waals surface area contributed by atoms with Crippen LogP contribution in [0, 0.1) is 23.5 Å². The molecule has 0 radical (unpaired) electrons. The largest absolute Gasteiger partial charge is 0.348 e. The first kappa shape index (κ1) is 27.7. The van der Waals surface area contributed by atoms with E-state index in [2.05, 4.69) is 56.7 Å². The van der Waals surface area contributed by atoms with Crippen LogP contribution < -0.4 is 10.8 Å². The number of hydroxylamine groups is 1. The van der Waals surface area contributed by atoms with E-state index < -0.39 is 11.6 Å². The maximum atomic E-state index is 13.7. The zero-order valence-electron chi connectivity index (χ0n) is 22.5. The van der Waals surface area contributed by atoms with E-state index in [1.54, 1.807) is 0 Å². The Balaban J connectivity index is 1.65. The molecule has 1 amide bonds. The van der Waals surface area contributed by atoms with Gasteiger partial charge in [0.15, 0.2) is 11.6 Å². The van der Waals surface area contributed by atoms with Crippen LogP contribution in [0.1, 0.15) is 61.4 Å². The van der Waals surface area contributed by atoms with Crippen molar-refractivity contribution in [2.75, 3.05) is 6.61 Å². The average molecular weight is 519 g/mol. The molecule has 200 valence electrons. The van der Waals surface area contributed by atoms with E-state index in [4.69, 9.17) is 4.84 Å². The number of allylic oxidation sites excluding steroid dienone is 1. The minimum absolute atomic E-state index is 0.0490. The third-order valence-electron chi connectivity index (χ3n) is 6.79. The summed E-state index contributed by atoms with van der Waals surface area (Å²) in [5.41, 5.74) is 9.65. The molecule has 0 heterocycles. The van der Waals surface area contributed by atoms with Crippen molar-refractivity contribution >= 4 is 11.5 Å². The Morgan fingerprint density at radius 3 is 2.26 bits per heavy atom. The van der Waals surface area contributed by atoms with Gasteiger partial charge in [0.1, 0.15) is 0 Å². The number of halogens is 2. The van der Waals surface area contributed by atoms with Crippen molar-refractivity contribution in [2.24, 2.45) is 11.8 Å². The van der Waals surface area contributed by atoms with Crippen LogP contribution >= 0.6 is 0 Å². The summed E-state index contributed by atoms with van der Waals surface area (Å²) in [6.45, 7) is 9.73. The van der Waals surface area contributed by atoms with Gasteiger partial charge in [-0.25, -0.2) is 8.78 Å². The summed E-state index contributed by atoms with van der Waals surface area (Å²) in [7, 11) is 0. The lowest BCUT2D eigenvalue weighted by molar-refractivity contribution is -0.115. The van der Waals surface area contributed by atoms with E-state index in [1.807, 2.05) is 30.3 Å². The molecule has 3 aromatic carbocycles. The lowest BCUT2D eigenvalue weighted by Crippen LogP contribution is -2.25. The molecule has 4 rings (SSSR count). The monoisotopic (exact) mass is 518 g/mol. The summed E-state index contributed by atoms with van der Waals surface area (Å²) in [5.74, 6) is -1.42. The molecule has 0 spiro atoms. The first-order valence-electron chi connectivity index (χ1n) is 13.2. The van der Waals surface area contributed by atoms with Crippen LogP contribution in [0.3, 0.4) is 0 Å². The van der Waals surface area contributed by atoms with Gasteiger partial charge in [-0.15, -0.1) is 0 Å². The lowest BCUT2D eigenvalue weighted by atomic mass is 9.83. The first-order valence-corrected chi connectivity index (χ1v) is 13.2. The van der Waals surface area contributed by atoms with Gasteiger partial charge < -0.3 is 10.2 Å². The van der Waals surface area contributed by atoms with Crippen LogP contribution in [0.15, 0.2) is 72.3 Å². The van der Waals surface area contributed by atoms with Crippen LogP contribution in [-0.2, 0) is 29.1 Å². The number of amides is 1. The summed E-state index contributed by atoms with van der Waals surface area (Å²) >= 11 is 0. The number of carbonyl (C=O) groups excluding carboxylic acids is 1. The van der Waals surface area contributed by atoms with Crippen molar-refractivity contribution in [2.45, 2.75) is 53.1 Å². The van der Waals surface area contributed by atoms with Crippen molar-refractivity contribution in [3.05, 3.63) is 112 Å². The molecular weight excluding hydrogens is 482 g/mol. The van der Waals surface area contributed by atoms with Crippen molar-refractivity contribution in [1.82, 2.24) is 10.8 Å². The second kappa shape index (κ2) is 12.5. The molecule has 0 bridgehead atoms. The van der Waals surface area contributed by atoms with E-state index >= 15 is 0 Å². The first-order chi connectivity index (χ1) is 18.2. The number of hydrogen-bond acceptors (Lipinski definition) is 3. The minimum Gasteiger partial charge on any atom is -0.348 e. The van der Waals surface area contributed by atoms with Gasteiger partial charge >= 0.3 is 0 Å². The molecule has 0 saturated heterocycles. The molecule has 6 heteroatoms. The van der Waals surface area contributed by atoms with E-state index in [0.717, 1.165) is 40.8 Å². The predicted molar refractivity (Wildman–Crippen MR) is 147 cm³/mol. The van der Waals surface area contributed by atoms with Gasteiger partial charge in [0.2, 0.25) is 0 Å². The zero-order chi connectivity index (χ0) is 27.2. The Morgan fingerprint density at radius 2 is 1.58 bits per heavy atom. The Kier molecular flexibility index (Phi) is 9.08. The third-order valence-corrected chi connectivity index (χ3v) is 6.79. The number of hydrogen-bond donors (Lipinski definition) is 2. The highest BCUT2D eigenvalue weighted by molar-refractivity contribution is 6.22. The number of carbonyl (C=O) groups is 1. The van der Waals surface area contributed by atoms with Gasteiger partial charge in [0, 0.05) is 24.6 Å². The molecule has 0 fully saturated rings. The van der Waals surface area contributed by atoms with Gasteiger partial charge in [-0.05, 0) is 63.8 Å². The van der Waals surface area contributed by atoms with Crippen LogP contribution in [-0.4, -0.2) is 12.5 Å². The molecule has 38 heavy (non-hydrogen) atoms. The normalized spacial score (nSPS) is 14.9. The van der Waals surface area contributed by atoms with Gasteiger partial charge in [0.05, 0.1) is 6.61 Å². The SMILES string of the molecule is CC(C)CONCc1ccc2c(c1)C(Cc1ccccc1)C(C(C)C)=C2C(=O)NCc1ccc(F)c(F)c1. The average Bonchev–Trinajstić information content (AvgIpc) is 3.21. The fraction of sp³-hybridized carbons (Fsp3) is 0.344. The van der Waals surface area contributed by atoms with Gasteiger partial charge in [-0.3, -0.25) is 4.79 Å². The molecule has 1 aliphatic carbocycles. The Morgan fingerprint density at radius 1 is 0.868 bits per heavy atom. The Bertz CT molecular complexity index is 1300. The Hall–Kier alpha value is -3.35. The minimum atomic E-state index is -0.925. The quantitative estimate of drug-likeness (QED) is 0.219. The van der Waals surface area contributed by atoms with Gasteiger partial charge in [0.25, 0.3) is 5.91 Å². The third kappa shape index (κ3) is 6.55. The summed E-state index contributed by atoms with van der Waals surface area (Å²) in [4.78, 5) is 19.2. The van der Waals surface area contributed by atoms with Crippen LogP contribution in [0.25, 0.3) is 5.57 Å². The van der Waals surface area contributed by atoms with Crippen molar-refractivity contribution in [3.8, 4) is 0 Å². The zero-order valence-corrected chi connectivity index (χ0v) is 22.5. The molecule has 0 aromatic heterocycles. The van der Waals surface area contributed by atoms with E-state index in [9.17, 15) is 13.6 Å². The molecule has 1 atom stereocenters. The van der Waals surface area contributed by atoms with Crippen LogP contribution in [0.5, 0.6) is 0 Å². The topological polar surface area (TPSA) is 50.4 Å². The summed E-state index contributed by atoms with van der Waals surface area (Å²) < 4.78 is 27.1. The number of nitrogens with one attached hydrogen (secondary N) is 2. The molecular formula is C32H36F2N2O2. The van der Waals surface area contributed by atoms with Crippen molar-refractivity contribution in [3.63, 3.8) is 0 Å². The fourth-order valence-corrected chi connectivity index (χ4v) is 5.03. The summed E-state index contributed by atoms with van der Waals surface area (Å²) in [6, 6.07) is 20.2. The standard InChI is InChI=1S/C32H36F2N2O2/c1-20(2)19-38-36-18-23-10-12-25-26(15-23)27(14-22-8-6-5-7-9-22)30(21(3)4)31(25)32(37)35-17-24-11-13-28(33)29(34)16-24/h5-13,15-16,20-21,27,36H,14,17-19H2,1-4H3,(H,35,37). The highest BCUT2D eigenvalue weighted by Gasteiger charge is 2.36. The molecule has 1 aliphatic rings. The van der Waals surface area contributed by atoms with Gasteiger partial charge in [-0.1, -0.05) is 82.3 Å². The van der Waals surface area contributed by atoms with Crippen molar-refractivity contribution < 1.29 is 18.4 Å². The highest BCUT2D eigenvalue weighted by atomic mass is 19.2. The van der Waals surface area contributed by atoms with E-state index in [-0.39, 0.29) is 24.3 Å². The smallest absolute Gasteiger partial charge is 0.252 e.